The molecule has 116 valence electrons. The van der Waals surface area contributed by atoms with Crippen LogP contribution in [0.5, 0.6) is 0 Å². The molecule has 1 aromatic carbocycles. The predicted molar refractivity (Wildman–Crippen MR) is 85.7 cm³/mol. The summed E-state index contributed by atoms with van der Waals surface area (Å²) in [5.41, 5.74) is 0.842. The zero-order chi connectivity index (χ0) is 15.1. The Morgan fingerprint density at radius 2 is 2.00 bits per heavy atom. The van der Waals surface area contributed by atoms with E-state index in [9.17, 15) is 9.18 Å². The SMILES string of the molecule is O=C(C1CCC1)N1CCN(c2nc3ccc(F)cc3s2)CC1. The molecule has 4 nitrogen and oxygen atoms in total. The standard InChI is InChI=1S/C16H18FN3OS/c17-12-4-5-13-14(10-12)22-16(18-13)20-8-6-19(7-9-20)15(21)11-2-1-3-11/h4-5,10-11H,1-3,6-9H2. The largest absolute Gasteiger partial charge is 0.345 e. The summed E-state index contributed by atoms with van der Waals surface area (Å²) in [5.74, 6) is 0.382. The van der Waals surface area contributed by atoms with Crippen LogP contribution in [-0.4, -0.2) is 42.0 Å². The first-order chi connectivity index (χ1) is 10.7. The average molecular weight is 319 g/mol. The number of benzene rings is 1. The summed E-state index contributed by atoms with van der Waals surface area (Å²) in [6, 6.07) is 4.70. The smallest absolute Gasteiger partial charge is 0.225 e. The number of amides is 1. The molecule has 1 saturated carbocycles. The first kappa shape index (κ1) is 13.9. The van der Waals surface area contributed by atoms with Gasteiger partial charge in [-0.3, -0.25) is 4.79 Å². The maximum atomic E-state index is 13.3. The minimum absolute atomic E-state index is 0.224. The molecule has 0 bridgehead atoms. The molecule has 2 aromatic rings. The zero-order valence-corrected chi connectivity index (χ0v) is 13.1. The molecule has 1 amide bonds. The van der Waals surface area contributed by atoms with Crippen LogP contribution in [0.2, 0.25) is 0 Å². The van der Waals surface area contributed by atoms with Gasteiger partial charge < -0.3 is 9.80 Å². The van der Waals surface area contributed by atoms with E-state index in [1.807, 2.05) is 4.90 Å². The van der Waals surface area contributed by atoms with Crippen molar-refractivity contribution in [3.05, 3.63) is 24.0 Å². The third-order valence-electron chi connectivity index (χ3n) is 4.66. The number of aromatic nitrogens is 1. The van der Waals surface area contributed by atoms with Crippen molar-refractivity contribution >= 4 is 32.6 Å². The molecular formula is C16H18FN3OS. The van der Waals surface area contributed by atoms with Gasteiger partial charge in [-0.2, -0.15) is 0 Å². The Kier molecular flexibility index (Phi) is 3.48. The first-order valence-electron chi connectivity index (χ1n) is 7.80. The Hall–Kier alpha value is -1.69. The summed E-state index contributed by atoms with van der Waals surface area (Å²) >= 11 is 1.52. The Labute approximate surface area is 132 Å². The fourth-order valence-electron chi connectivity index (χ4n) is 3.05. The van der Waals surface area contributed by atoms with E-state index < -0.39 is 0 Å². The zero-order valence-electron chi connectivity index (χ0n) is 12.3. The topological polar surface area (TPSA) is 36.4 Å². The molecule has 1 aliphatic heterocycles. The normalized spacial score (nSPS) is 19.5. The Bertz CT molecular complexity index is 704. The Balaban J connectivity index is 1.44. The third kappa shape index (κ3) is 2.45. The van der Waals surface area contributed by atoms with E-state index in [1.165, 1.54) is 29.9 Å². The molecule has 0 atom stereocenters. The van der Waals surface area contributed by atoms with Crippen molar-refractivity contribution in [3.8, 4) is 0 Å². The lowest BCUT2D eigenvalue weighted by atomic mass is 9.84. The highest BCUT2D eigenvalue weighted by molar-refractivity contribution is 7.22. The van der Waals surface area contributed by atoms with E-state index in [2.05, 4.69) is 9.88 Å². The van der Waals surface area contributed by atoms with E-state index in [-0.39, 0.29) is 11.7 Å². The summed E-state index contributed by atoms with van der Waals surface area (Å²) < 4.78 is 14.1. The first-order valence-corrected chi connectivity index (χ1v) is 8.62. The lowest BCUT2D eigenvalue weighted by Crippen LogP contribution is -2.51. The fraction of sp³-hybridized carbons (Fsp3) is 0.500. The second-order valence-corrected chi connectivity index (χ2v) is 7.06. The number of hydrogen-bond acceptors (Lipinski definition) is 4. The van der Waals surface area contributed by atoms with Crippen LogP contribution < -0.4 is 4.90 Å². The predicted octanol–water partition coefficient (Wildman–Crippen LogP) is 2.88. The van der Waals surface area contributed by atoms with Crippen molar-refractivity contribution in [3.63, 3.8) is 0 Å². The summed E-state index contributed by atoms with van der Waals surface area (Å²) in [4.78, 5) is 21.0. The summed E-state index contributed by atoms with van der Waals surface area (Å²) in [6.07, 6.45) is 3.31. The maximum absolute atomic E-state index is 13.3. The van der Waals surface area contributed by atoms with Gasteiger partial charge in [-0.05, 0) is 31.0 Å². The molecule has 4 rings (SSSR count). The van der Waals surface area contributed by atoms with Crippen LogP contribution in [-0.2, 0) is 4.79 Å². The number of hydrogen-bond donors (Lipinski definition) is 0. The van der Waals surface area contributed by atoms with E-state index >= 15 is 0 Å². The molecule has 1 saturated heterocycles. The second kappa shape index (κ2) is 5.50. The van der Waals surface area contributed by atoms with Crippen molar-refractivity contribution in [2.24, 2.45) is 5.92 Å². The molecular weight excluding hydrogens is 301 g/mol. The van der Waals surface area contributed by atoms with Gasteiger partial charge in [-0.15, -0.1) is 0 Å². The van der Waals surface area contributed by atoms with Gasteiger partial charge in [-0.1, -0.05) is 17.8 Å². The number of thiazole rings is 1. The highest BCUT2D eigenvalue weighted by atomic mass is 32.1. The Morgan fingerprint density at radius 1 is 1.23 bits per heavy atom. The molecule has 1 aliphatic carbocycles. The van der Waals surface area contributed by atoms with Crippen molar-refractivity contribution < 1.29 is 9.18 Å². The van der Waals surface area contributed by atoms with Gasteiger partial charge in [0.05, 0.1) is 10.2 Å². The molecule has 0 radical (unpaired) electrons. The summed E-state index contributed by atoms with van der Waals surface area (Å²) in [7, 11) is 0. The molecule has 0 unspecified atom stereocenters. The number of carbonyl (C=O) groups excluding carboxylic acids is 1. The number of carbonyl (C=O) groups is 1. The average Bonchev–Trinajstić information content (AvgIpc) is 2.88. The van der Waals surface area contributed by atoms with Gasteiger partial charge in [0.25, 0.3) is 0 Å². The molecule has 0 spiro atoms. The van der Waals surface area contributed by atoms with Crippen LogP contribution in [0.1, 0.15) is 19.3 Å². The Morgan fingerprint density at radius 3 is 2.68 bits per heavy atom. The monoisotopic (exact) mass is 319 g/mol. The van der Waals surface area contributed by atoms with Crippen molar-refractivity contribution in [1.82, 2.24) is 9.88 Å². The number of nitrogens with zero attached hydrogens (tertiary/aromatic N) is 3. The van der Waals surface area contributed by atoms with Gasteiger partial charge in [0.1, 0.15) is 5.82 Å². The second-order valence-electron chi connectivity index (χ2n) is 6.05. The summed E-state index contributed by atoms with van der Waals surface area (Å²) in [6.45, 7) is 3.14. The lowest BCUT2D eigenvalue weighted by molar-refractivity contribution is -0.138. The van der Waals surface area contributed by atoms with Crippen LogP contribution in [0, 0.1) is 11.7 Å². The highest BCUT2D eigenvalue weighted by Gasteiger charge is 2.31. The van der Waals surface area contributed by atoms with Crippen LogP contribution >= 0.6 is 11.3 Å². The van der Waals surface area contributed by atoms with Gasteiger partial charge in [-0.25, -0.2) is 9.37 Å². The number of fused-ring (bicyclic) bond motifs is 1. The summed E-state index contributed by atoms with van der Waals surface area (Å²) in [5, 5.41) is 0.927. The van der Waals surface area contributed by atoms with E-state index in [0.29, 0.717) is 5.91 Å². The van der Waals surface area contributed by atoms with Gasteiger partial charge in [0.2, 0.25) is 5.91 Å². The number of rotatable bonds is 2. The molecule has 0 N–H and O–H groups in total. The molecule has 2 aliphatic rings. The van der Waals surface area contributed by atoms with Gasteiger partial charge in [0.15, 0.2) is 5.13 Å². The van der Waals surface area contributed by atoms with Crippen LogP contribution in [0.4, 0.5) is 9.52 Å². The van der Waals surface area contributed by atoms with Crippen molar-refractivity contribution in [2.75, 3.05) is 31.1 Å². The maximum Gasteiger partial charge on any atom is 0.225 e. The molecule has 1 aromatic heterocycles. The highest BCUT2D eigenvalue weighted by Crippen LogP contribution is 2.31. The quantitative estimate of drug-likeness (QED) is 0.854. The number of piperazine rings is 1. The van der Waals surface area contributed by atoms with Crippen molar-refractivity contribution in [1.29, 1.82) is 0 Å². The van der Waals surface area contributed by atoms with E-state index in [4.69, 9.17) is 0 Å². The van der Waals surface area contributed by atoms with E-state index in [0.717, 1.165) is 54.4 Å². The molecule has 6 heteroatoms. The third-order valence-corrected chi connectivity index (χ3v) is 5.73. The molecule has 22 heavy (non-hydrogen) atoms. The van der Waals surface area contributed by atoms with Gasteiger partial charge >= 0.3 is 0 Å². The minimum atomic E-state index is -0.224. The number of anilines is 1. The van der Waals surface area contributed by atoms with Crippen LogP contribution in [0.25, 0.3) is 10.2 Å². The van der Waals surface area contributed by atoms with E-state index in [1.54, 1.807) is 6.07 Å². The minimum Gasteiger partial charge on any atom is -0.345 e. The molecule has 2 fully saturated rings. The number of halogens is 1. The van der Waals surface area contributed by atoms with Crippen LogP contribution in [0.3, 0.4) is 0 Å². The molecule has 2 heterocycles. The van der Waals surface area contributed by atoms with Crippen LogP contribution in [0.15, 0.2) is 18.2 Å². The lowest BCUT2D eigenvalue weighted by Gasteiger charge is -2.38. The van der Waals surface area contributed by atoms with Crippen molar-refractivity contribution in [2.45, 2.75) is 19.3 Å². The fourth-order valence-corrected chi connectivity index (χ4v) is 4.10. The van der Waals surface area contributed by atoms with Gasteiger partial charge in [0, 0.05) is 32.1 Å².